The number of anilines is 1. The molecule has 2 aliphatic rings. The molecule has 0 aliphatic carbocycles. The van der Waals surface area contributed by atoms with Gasteiger partial charge in [-0.15, -0.1) is 0 Å². The third-order valence-electron chi connectivity index (χ3n) is 6.58. The van der Waals surface area contributed by atoms with E-state index in [0.717, 1.165) is 61.2 Å². The van der Waals surface area contributed by atoms with Crippen LogP contribution in [0.1, 0.15) is 19.3 Å². The molecule has 0 amide bonds. The highest BCUT2D eigenvalue weighted by Gasteiger charge is 2.41. The molecule has 2 fully saturated rings. The van der Waals surface area contributed by atoms with Gasteiger partial charge in [-0.05, 0) is 42.9 Å². The predicted octanol–water partition coefficient (Wildman–Crippen LogP) is 1.29. The summed E-state index contributed by atoms with van der Waals surface area (Å²) in [7, 11) is -3.17. The number of piperidine rings is 1. The Morgan fingerprint density at radius 2 is 1.86 bits per heavy atom. The van der Waals surface area contributed by atoms with Gasteiger partial charge in [0.1, 0.15) is 5.82 Å². The predicted molar refractivity (Wildman–Crippen MR) is 132 cm³/mol. The number of pyridine rings is 2. The standard InChI is InChI=1S/C22H27N7O2S.CH2O2/c1-32(30,31)26-13-17-12-22(15-25-17)5-10-29(11-6-22)21-18-4-9-24-14-19(18)27-20(28-21)16-2-7-23-8-3-16;2-1-3/h2-4,7-9,14,17,25-26H,5-6,10-13,15H2,1H3;1H,(H,2,3). The maximum atomic E-state index is 11.4. The Kier molecular flexibility index (Phi) is 7.53. The summed E-state index contributed by atoms with van der Waals surface area (Å²) >= 11 is 0. The topological polar surface area (TPSA) is 150 Å². The largest absolute Gasteiger partial charge is 0.483 e. The van der Waals surface area contributed by atoms with Gasteiger partial charge in [0.25, 0.3) is 6.47 Å². The van der Waals surface area contributed by atoms with Gasteiger partial charge in [-0.2, -0.15) is 0 Å². The second-order valence-corrected chi connectivity index (χ2v) is 10.8. The molecule has 0 saturated carbocycles. The van der Waals surface area contributed by atoms with Gasteiger partial charge in [0.15, 0.2) is 5.82 Å². The van der Waals surface area contributed by atoms with Crippen LogP contribution in [0.3, 0.4) is 0 Å². The summed E-state index contributed by atoms with van der Waals surface area (Å²) in [6, 6.07) is 6.00. The van der Waals surface area contributed by atoms with Crippen LogP contribution in [0, 0.1) is 5.41 Å². The van der Waals surface area contributed by atoms with E-state index in [0.29, 0.717) is 12.4 Å². The molecule has 3 aromatic heterocycles. The fourth-order valence-electron chi connectivity index (χ4n) is 4.83. The molecule has 2 saturated heterocycles. The number of carboxylic acid groups (broad SMARTS) is 1. The normalized spacial score (nSPS) is 19.3. The molecule has 3 N–H and O–H groups in total. The number of fused-ring (bicyclic) bond motifs is 1. The molecule has 11 nitrogen and oxygen atoms in total. The van der Waals surface area contributed by atoms with Crippen LogP contribution in [0.15, 0.2) is 43.0 Å². The average Bonchev–Trinajstić information content (AvgIpc) is 3.26. The number of carbonyl (C=O) groups is 1. The first-order chi connectivity index (χ1) is 16.8. The lowest BCUT2D eigenvalue weighted by atomic mass is 9.76. The first-order valence-corrected chi connectivity index (χ1v) is 13.2. The summed E-state index contributed by atoms with van der Waals surface area (Å²) < 4.78 is 25.5. The van der Waals surface area contributed by atoms with Crippen molar-refractivity contribution >= 4 is 33.2 Å². The number of nitrogens with zero attached hydrogens (tertiary/aromatic N) is 5. The Balaban J connectivity index is 0.000000917. The fourth-order valence-corrected chi connectivity index (χ4v) is 5.34. The van der Waals surface area contributed by atoms with Gasteiger partial charge in [0.05, 0.1) is 18.0 Å². The highest BCUT2D eigenvalue weighted by Crippen LogP contribution is 2.41. The second kappa shape index (κ2) is 10.6. The number of nitrogens with one attached hydrogen (secondary N) is 2. The van der Waals surface area contributed by atoms with Gasteiger partial charge in [0, 0.05) is 61.8 Å². The van der Waals surface area contributed by atoms with E-state index in [1.807, 2.05) is 18.2 Å². The Bertz CT molecular complexity index is 1270. The zero-order valence-electron chi connectivity index (χ0n) is 19.5. The van der Waals surface area contributed by atoms with Gasteiger partial charge in [0.2, 0.25) is 10.0 Å². The minimum Gasteiger partial charge on any atom is -0.483 e. The van der Waals surface area contributed by atoms with Crippen molar-refractivity contribution in [1.82, 2.24) is 30.0 Å². The van der Waals surface area contributed by atoms with Crippen LogP contribution in [0.5, 0.6) is 0 Å². The van der Waals surface area contributed by atoms with Crippen LogP contribution in [0.25, 0.3) is 22.3 Å². The summed E-state index contributed by atoms with van der Waals surface area (Å²) in [6.07, 6.45) is 11.3. The lowest BCUT2D eigenvalue weighted by Gasteiger charge is -2.40. The summed E-state index contributed by atoms with van der Waals surface area (Å²) in [5.41, 5.74) is 1.97. The number of hydrogen-bond donors (Lipinski definition) is 3. The fraction of sp³-hybridized carbons (Fsp3) is 0.435. The molecule has 0 bridgehead atoms. The summed E-state index contributed by atoms with van der Waals surface area (Å²) in [5.74, 6) is 1.62. The van der Waals surface area contributed by atoms with Crippen molar-refractivity contribution in [2.75, 3.05) is 37.3 Å². The third-order valence-corrected chi connectivity index (χ3v) is 7.27. The van der Waals surface area contributed by atoms with E-state index < -0.39 is 10.0 Å². The van der Waals surface area contributed by atoms with Crippen molar-refractivity contribution in [3.05, 3.63) is 43.0 Å². The molecule has 12 heteroatoms. The molecule has 1 atom stereocenters. The van der Waals surface area contributed by atoms with E-state index in [-0.39, 0.29) is 17.9 Å². The maximum Gasteiger partial charge on any atom is 0.290 e. The highest BCUT2D eigenvalue weighted by molar-refractivity contribution is 7.88. The van der Waals surface area contributed by atoms with Crippen molar-refractivity contribution in [3.63, 3.8) is 0 Å². The highest BCUT2D eigenvalue weighted by atomic mass is 32.2. The zero-order chi connectivity index (χ0) is 24.9. The maximum absolute atomic E-state index is 11.4. The molecule has 5 heterocycles. The molecule has 1 unspecified atom stereocenters. The molecule has 186 valence electrons. The molecule has 5 rings (SSSR count). The van der Waals surface area contributed by atoms with Crippen LogP contribution < -0.4 is 14.9 Å². The van der Waals surface area contributed by atoms with Gasteiger partial charge < -0.3 is 15.3 Å². The van der Waals surface area contributed by atoms with Crippen LogP contribution in [0.2, 0.25) is 0 Å². The van der Waals surface area contributed by atoms with Crippen molar-refractivity contribution < 1.29 is 18.3 Å². The average molecular weight is 500 g/mol. The van der Waals surface area contributed by atoms with Crippen molar-refractivity contribution in [2.45, 2.75) is 25.3 Å². The summed E-state index contributed by atoms with van der Waals surface area (Å²) in [6.45, 7) is 2.92. The van der Waals surface area contributed by atoms with Crippen LogP contribution in [-0.2, 0) is 14.8 Å². The van der Waals surface area contributed by atoms with E-state index in [4.69, 9.17) is 19.9 Å². The Hall–Kier alpha value is -3.22. The lowest BCUT2D eigenvalue weighted by Crippen LogP contribution is -2.41. The zero-order valence-corrected chi connectivity index (χ0v) is 20.3. The quantitative estimate of drug-likeness (QED) is 0.438. The second-order valence-electron chi connectivity index (χ2n) is 8.99. The monoisotopic (exact) mass is 499 g/mol. The van der Waals surface area contributed by atoms with Gasteiger partial charge >= 0.3 is 0 Å². The number of aromatic nitrogens is 4. The van der Waals surface area contributed by atoms with E-state index in [1.54, 1.807) is 24.8 Å². The molecule has 3 aromatic rings. The number of sulfonamides is 1. The minimum absolute atomic E-state index is 0.181. The van der Waals surface area contributed by atoms with Gasteiger partial charge in [-0.25, -0.2) is 23.1 Å². The molecule has 35 heavy (non-hydrogen) atoms. The van der Waals surface area contributed by atoms with Gasteiger partial charge in [-0.1, -0.05) is 0 Å². The number of hydrogen-bond acceptors (Lipinski definition) is 9. The third kappa shape index (κ3) is 6.08. The number of rotatable bonds is 5. The molecular formula is C23H29N7O4S. The van der Waals surface area contributed by atoms with Crippen LogP contribution >= 0.6 is 0 Å². The minimum atomic E-state index is -3.17. The molecule has 1 spiro atoms. The Morgan fingerprint density at radius 3 is 2.54 bits per heavy atom. The molecular weight excluding hydrogens is 470 g/mol. The Morgan fingerprint density at radius 1 is 1.17 bits per heavy atom. The van der Waals surface area contributed by atoms with Gasteiger partial charge in [-0.3, -0.25) is 14.8 Å². The molecule has 0 aromatic carbocycles. The SMILES string of the molecule is CS(=O)(=O)NCC1CC2(CCN(c3nc(-c4ccncc4)nc4cnccc34)CC2)CN1.O=CO. The van der Waals surface area contributed by atoms with E-state index >= 15 is 0 Å². The van der Waals surface area contributed by atoms with E-state index in [9.17, 15) is 8.42 Å². The lowest BCUT2D eigenvalue weighted by molar-refractivity contribution is -0.122. The van der Waals surface area contributed by atoms with E-state index in [2.05, 4.69) is 24.9 Å². The van der Waals surface area contributed by atoms with Crippen molar-refractivity contribution in [3.8, 4) is 11.4 Å². The van der Waals surface area contributed by atoms with Crippen molar-refractivity contribution in [1.29, 1.82) is 0 Å². The first-order valence-electron chi connectivity index (χ1n) is 11.4. The summed E-state index contributed by atoms with van der Waals surface area (Å²) in [5, 5.41) is 11.4. The molecule has 2 aliphatic heterocycles. The summed E-state index contributed by atoms with van der Waals surface area (Å²) in [4.78, 5) is 28.7. The van der Waals surface area contributed by atoms with Crippen LogP contribution in [0.4, 0.5) is 5.82 Å². The van der Waals surface area contributed by atoms with Crippen LogP contribution in [-0.4, -0.2) is 78.4 Å². The smallest absolute Gasteiger partial charge is 0.290 e. The molecule has 0 radical (unpaired) electrons. The first kappa shape index (κ1) is 24.9. The Labute approximate surface area is 204 Å². The van der Waals surface area contributed by atoms with Crippen molar-refractivity contribution in [2.24, 2.45) is 5.41 Å². The van der Waals surface area contributed by atoms with E-state index in [1.165, 1.54) is 6.26 Å².